The maximum atomic E-state index is 15.0. The van der Waals surface area contributed by atoms with Gasteiger partial charge < -0.3 is 94.3 Å². The van der Waals surface area contributed by atoms with Crippen LogP contribution in [0.2, 0.25) is 0 Å². The van der Waals surface area contributed by atoms with Gasteiger partial charge in [-0.15, -0.1) is 0 Å². The third-order valence-corrected chi connectivity index (χ3v) is 15.4. The topological polar surface area (TPSA) is 522 Å². The summed E-state index contributed by atoms with van der Waals surface area (Å²) in [6, 6.07) is -1.46. The van der Waals surface area contributed by atoms with Crippen molar-refractivity contribution in [2.75, 3.05) is 26.3 Å². The molecule has 2 aliphatic rings. The van der Waals surface area contributed by atoms with E-state index in [2.05, 4.69) is 67.9 Å². The molecule has 34 nitrogen and oxygen atoms in total. The molecule has 4 heterocycles. The molecule has 6 rings (SSSR count). The van der Waals surface area contributed by atoms with Crippen LogP contribution in [0.5, 0.6) is 5.75 Å². The molecule has 0 radical (unpaired) electrons. The third-order valence-electron chi connectivity index (χ3n) is 15.4. The fourth-order valence-electron chi connectivity index (χ4n) is 10.5. The zero-order valence-corrected chi connectivity index (χ0v) is 54.3. The van der Waals surface area contributed by atoms with E-state index in [1.54, 1.807) is 65.1 Å². The lowest BCUT2D eigenvalue weighted by molar-refractivity contribution is -0.154. The Morgan fingerprint density at radius 1 is 0.708 bits per heavy atom. The predicted octanol–water partition coefficient (Wildman–Crippen LogP) is -3.17. The summed E-state index contributed by atoms with van der Waals surface area (Å²) in [7, 11) is 0. The van der Waals surface area contributed by atoms with Crippen LogP contribution in [-0.2, 0) is 81.5 Å². The van der Waals surface area contributed by atoms with Crippen molar-refractivity contribution in [1.82, 2.24) is 73.2 Å². The van der Waals surface area contributed by atoms with Crippen molar-refractivity contribution in [2.45, 2.75) is 172 Å². The number of phenols is 1. The number of hydrazine groups is 1. The summed E-state index contributed by atoms with van der Waals surface area (Å²) in [5.41, 5.74) is 21.4. The van der Waals surface area contributed by atoms with Gasteiger partial charge in [-0.05, 0) is 101 Å². The van der Waals surface area contributed by atoms with Crippen molar-refractivity contribution in [3.8, 4) is 5.75 Å². The average Bonchev–Trinajstić information content (AvgIpc) is 1.66. The molecule has 20 N–H and O–H groups in total. The molecule has 0 aliphatic carbocycles. The van der Waals surface area contributed by atoms with Crippen LogP contribution in [-0.4, -0.2) is 199 Å². The van der Waals surface area contributed by atoms with Gasteiger partial charge in [0.1, 0.15) is 72.8 Å². The van der Waals surface area contributed by atoms with Crippen LogP contribution in [0.15, 0.2) is 72.2 Å². The van der Waals surface area contributed by atoms with Crippen molar-refractivity contribution in [3.05, 3.63) is 84.1 Å². The SMILES string of the molecule is CC(C)C[C@H](NC(=O)[C@@H](COC(C)(C)C)NC(=O)[C@H](Cc1ccc(O)cc1)NC(=O)[C@H](COC(=O)C(C)O)NC(=O)[C@H](Cc1c[nH]c2ccccc12)NC(=O)[C@H](Cc1cnc[nH]1)NC(=O)[C@@H]1CCC(=O)N1)C(=O)N[C@@H](CCCN=C(N)N)C(=O)N1CCC[C@H]1C(=O)NNC(N)=O. The highest BCUT2D eigenvalue weighted by Gasteiger charge is 2.41. The first kappa shape index (κ1) is 74.7. The number of nitrogens with one attached hydrogen (secondary N) is 12. The van der Waals surface area contributed by atoms with Crippen molar-refractivity contribution in [2.24, 2.45) is 28.1 Å². The molecule has 12 amide bonds. The number of imidazole rings is 1. The fourth-order valence-corrected chi connectivity index (χ4v) is 10.5. The minimum absolute atomic E-state index is 0.0248. The number of rotatable bonds is 33. The van der Waals surface area contributed by atoms with Gasteiger partial charge in [-0.3, -0.25) is 58.4 Å². The van der Waals surface area contributed by atoms with E-state index in [0.29, 0.717) is 34.1 Å². The maximum Gasteiger partial charge on any atom is 0.334 e. The van der Waals surface area contributed by atoms with Gasteiger partial charge >= 0.3 is 12.0 Å². The van der Waals surface area contributed by atoms with Crippen LogP contribution in [0.4, 0.5) is 4.79 Å². The van der Waals surface area contributed by atoms with Crippen molar-refractivity contribution < 1.29 is 77.2 Å². The number of esters is 1. The van der Waals surface area contributed by atoms with Crippen LogP contribution in [0.1, 0.15) is 103 Å². The largest absolute Gasteiger partial charge is 0.508 e. The number of hydrogen-bond donors (Lipinski definition) is 17. The quantitative estimate of drug-likeness (QED) is 0.00735. The van der Waals surface area contributed by atoms with Crippen LogP contribution >= 0.6 is 0 Å². The molecular weight excluding hydrogens is 1250 g/mol. The summed E-state index contributed by atoms with van der Waals surface area (Å²) in [5, 5.41) is 42.1. The first-order valence-corrected chi connectivity index (χ1v) is 31.4. The Balaban J connectivity index is 1.30. The first-order chi connectivity index (χ1) is 45.4. The Morgan fingerprint density at radius 3 is 1.90 bits per heavy atom. The number of carbonyl (C=O) groups excluding carboxylic acids is 12. The number of aromatic nitrogens is 3. The van der Waals surface area contributed by atoms with E-state index in [1.807, 2.05) is 5.43 Å². The maximum absolute atomic E-state index is 15.0. The fraction of sp³-hybridized carbons (Fsp3) is 0.516. The lowest BCUT2D eigenvalue weighted by Crippen LogP contribution is -2.62. The third kappa shape index (κ3) is 23.3. The van der Waals surface area contributed by atoms with E-state index in [4.69, 9.17) is 26.7 Å². The summed E-state index contributed by atoms with van der Waals surface area (Å²) >= 11 is 0. The summed E-state index contributed by atoms with van der Waals surface area (Å²) in [6.07, 6.45) is 2.78. The molecule has 1 unspecified atom stereocenters. The summed E-state index contributed by atoms with van der Waals surface area (Å²) in [6.45, 7) is 8.28. The molecule has 2 aromatic heterocycles. The number of nitrogens with zero attached hydrogens (tertiary/aromatic N) is 3. The van der Waals surface area contributed by atoms with Gasteiger partial charge in [0.2, 0.25) is 53.2 Å². The second-order valence-electron chi connectivity index (χ2n) is 24.8. The van der Waals surface area contributed by atoms with Crippen molar-refractivity contribution >= 4 is 87.9 Å². The highest BCUT2D eigenvalue weighted by Crippen LogP contribution is 2.23. The van der Waals surface area contributed by atoms with E-state index >= 15 is 0 Å². The number of aromatic hydroxyl groups is 1. The molecule has 0 saturated carbocycles. The molecule has 34 heteroatoms. The monoisotopic (exact) mass is 1340 g/mol. The van der Waals surface area contributed by atoms with Crippen molar-refractivity contribution in [1.29, 1.82) is 0 Å². The number of primary amides is 1. The molecule has 2 saturated heterocycles. The number of hydrogen-bond acceptors (Lipinski definition) is 18. The molecule has 2 aliphatic heterocycles. The Labute approximate surface area is 552 Å². The number of aliphatic hydroxyl groups is 1. The number of carbonyl (C=O) groups is 12. The van der Waals surface area contributed by atoms with Crippen LogP contribution in [0.3, 0.4) is 0 Å². The number of aromatic amines is 2. The molecule has 0 bridgehead atoms. The summed E-state index contributed by atoms with van der Waals surface area (Å²) < 4.78 is 11.4. The van der Waals surface area contributed by atoms with E-state index < -0.39 is 144 Å². The van der Waals surface area contributed by atoms with Crippen LogP contribution < -0.4 is 70.6 Å². The van der Waals surface area contributed by atoms with Gasteiger partial charge in [0.25, 0.3) is 5.91 Å². The molecule has 4 aromatic rings. The predicted molar refractivity (Wildman–Crippen MR) is 344 cm³/mol. The lowest BCUT2D eigenvalue weighted by Gasteiger charge is -2.31. The molecule has 0 spiro atoms. The number of urea groups is 1. The number of benzene rings is 2. The standard InChI is InChI=1S/C62H88N18O16/c1-32(2)23-42(51(85)71-41(13-9-21-67-60(63)64)58(92)80-22-10-14-48(80)57(91)78-79-61(65)94)72-56(90)47(30-96-62(4,5)6)77-52(86)43(24-34-15-17-37(82)18-16-34)73-55(89)46(29-95-59(93)33(3)81)76-53(87)44(25-35-27-68-39-12-8-7-11-38(35)39)74-54(88)45(26-36-28-66-31-69-36)75-50(84)40-19-20-49(83)70-40/h7-8,11-12,15-18,27-28,31-33,40-48,68,81-82H,9-10,13-14,19-26,29-30H2,1-6H3,(H,66,69)(H,70,83)(H,71,85)(H,72,90)(H,73,89)(H,74,88)(H,75,84)(H,76,87)(H,77,86)(H,78,91)(H4,63,64,67)(H3,65,79,94)/t33?,40-,41-,42-,43-,44-,45-,46-,47+,48-/m0/s1. The van der Waals surface area contributed by atoms with Gasteiger partial charge in [-0.1, -0.05) is 44.2 Å². The zero-order valence-electron chi connectivity index (χ0n) is 54.3. The summed E-state index contributed by atoms with van der Waals surface area (Å²) in [5.74, 6) is -10.3. The van der Waals surface area contributed by atoms with E-state index in [9.17, 15) is 67.7 Å². The Morgan fingerprint density at radius 2 is 1.30 bits per heavy atom. The normalized spacial score (nSPS) is 17.0. The molecule has 10 atom stereocenters. The molecule has 2 aromatic carbocycles. The number of likely N-dealkylation sites (tertiary alicyclic amines) is 1. The Bertz CT molecular complexity index is 3420. The van der Waals surface area contributed by atoms with Crippen molar-refractivity contribution in [3.63, 3.8) is 0 Å². The zero-order chi connectivity index (χ0) is 70.4. The van der Waals surface area contributed by atoms with Gasteiger partial charge in [0.15, 0.2) is 5.96 Å². The minimum atomic E-state index is -1.92. The minimum Gasteiger partial charge on any atom is -0.508 e. The van der Waals surface area contributed by atoms with Crippen LogP contribution in [0, 0.1) is 5.92 Å². The van der Waals surface area contributed by atoms with E-state index in [0.717, 1.165) is 6.92 Å². The van der Waals surface area contributed by atoms with Gasteiger partial charge in [0, 0.05) is 67.8 Å². The first-order valence-electron chi connectivity index (χ1n) is 31.4. The number of nitrogens with two attached hydrogens (primary N) is 3. The number of amides is 12. The number of aliphatic hydroxyl groups excluding tert-OH is 1. The lowest BCUT2D eigenvalue weighted by atomic mass is 10.0. The van der Waals surface area contributed by atoms with Gasteiger partial charge in [0.05, 0.1) is 18.5 Å². The molecule has 96 heavy (non-hydrogen) atoms. The van der Waals surface area contributed by atoms with Gasteiger partial charge in [-0.25, -0.2) is 20.0 Å². The second-order valence-corrected chi connectivity index (χ2v) is 24.8. The van der Waals surface area contributed by atoms with Gasteiger partial charge in [-0.2, -0.15) is 0 Å². The number of H-pyrrole nitrogens is 2. The molecule has 522 valence electrons. The van der Waals surface area contributed by atoms with Crippen LogP contribution in [0.25, 0.3) is 10.9 Å². The summed E-state index contributed by atoms with van der Waals surface area (Å²) in [4.78, 5) is 181. The van der Waals surface area contributed by atoms with E-state index in [1.165, 1.54) is 41.7 Å². The highest BCUT2D eigenvalue weighted by atomic mass is 16.5. The number of para-hydroxylation sites is 1. The Kier molecular flexibility index (Phi) is 27.4. The molecule has 2 fully saturated rings. The molecular formula is C62H88N18O16. The average molecular weight is 1340 g/mol. The second kappa shape index (κ2) is 35.2. The number of guanidine groups is 1. The Hall–Kier alpha value is -10.4. The number of phenolic OH excluding ortho intramolecular Hbond substituents is 1. The van der Waals surface area contributed by atoms with E-state index in [-0.39, 0.29) is 94.4 Å². The smallest absolute Gasteiger partial charge is 0.334 e. The highest BCUT2D eigenvalue weighted by molar-refractivity contribution is 6.00. The number of ether oxygens (including phenoxy) is 2. The number of aliphatic imine (C=N–C) groups is 1. The number of fused-ring (bicyclic) bond motifs is 1.